The molecular formula is C20H26N4O4. The Bertz CT molecular complexity index is 879. The molecule has 0 aliphatic rings. The second-order valence-electron chi connectivity index (χ2n) is 6.26. The maximum atomic E-state index is 12.9. The topological polar surface area (TPSA) is 93.5 Å². The first-order valence-electron chi connectivity index (χ1n) is 9.30. The van der Waals surface area contributed by atoms with Gasteiger partial charge in [0.1, 0.15) is 18.0 Å². The third-order valence-corrected chi connectivity index (χ3v) is 4.02. The molecule has 1 heterocycles. The molecule has 0 bridgehead atoms. The molecule has 0 atom stereocenters. The molecule has 0 unspecified atom stereocenters. The molecule has 0 saturated carbocycles. The Hall–Kier alpha value is -3.16. The SMILES string of the molecule is CCCN(CC(=O)Nc1ccccc1OC)C(=O)c1ccc(=O)n(CCC)n1. The maximum absolute atomic E-state index is 12.9. The highest BCUT2D eigenvalue weighted by Gasteiger charge is 2.21. The van der Waals surface area contributed by atoms with Crippen molar-refractivity contribution in [2.24, 2.45) is 0 Å². The summed E-state index contributed by atoms with van der Waals surface area (Å²) in [5, 5.41) is 6.91. The first kappa shape index (κ1) is 21.1. The number of aryl methyl sites for hydroxylation is 1. The highest BCUT2D eigenvalue weighted by Crippen LogP contribution is 2.22. The first-order valence-corrected chi connectivity index (χ1v) is 9.30. The van der Waals surface area contributed by atoms with Crippen molar-refractivity contribution < 1.29 is 14.3 Å². The van der Waals surface area contributed by atoms with Crippen molar-refractivity contribution in [2.75, 3.05) is 25.5 Å². The number of amides is 2. The van der Waals surface area contributed by atoms with Gasteiger partial charge in [0.2, 0.25) is 5.91 Å². The van der Waals surface area contributed by atoms with Gasteiger partial charge in [0.15, 0.2) is 0 Å². The summed E-state index contributed by atoms with van der Waals surface area (Å²) in [6, 6.07) is 9.79. The van der Waals surface area contributed by atoms with E-state index in [2.05, 4.69) is 10.4 Å². The fourth-order valence-corrected chi connectivity index (χ4v) is 2.73. The molecule has 8 nitrogen and oxygen atoms in total. The number of benzene rings is 1. The van der Waals surface area contributed by atoms with E-state index < -0.39 is 0 Å². The number of ether oxygens (including phenoxy) is 1. The Labute approximate surface area is 164 Å². The average Bonchev–Trinajstić information content (AvgIpc) is 2.69. The van der Waals surface area contributed by atoms with Crippen molar-refractivity contribution in [3.63, 3.8) is 0 Å². The summed E-state index contributed by atoms with van der Waals surface area (Å²) in [5.74, 6) is -0.187. The Balaban J connectivity index is 2.15. The number of aromatic nitrogens is 2. The first-order chi connectivity index (χ1) is 13.5. The van der Waals surface area contributed by atoms with Crippen LogP contribution in [-0.4, -0.2) is 46.7 Å². The summed E-state index contributed by atoms with van der Waals surface area (Å²) in [7, 11) is 1.52. The van der Waals surface area contributed by atoms with Gasteiger partial charge in [-0.25, -0.2) is 4.68 Å². The largest absolute Gasteiger partial charge is 0.495 e. The summed E-state index contributed by atoms with van der Waals surface area (Å²) in [6.45, 7) is 4.55. The summed E-state index contributed by atoms with van der Waals surface area (Å²) >= 11 is 0. The molecule has 8 heteroatoms. The van der Waals surface area contributed by atoms with E-state index in [9.17, 15) is 14.4 Å². The van der Waals surface area contributed by atoms with Gasteiger partial charge < -0.3 is 15.0 Å². The van der Waals surface area contributed by atoms with Crippen molar-refractivity contribution in [1.82, 2.24) is 14.7 Å². The number of anilines is 1. The molecular weight excluding hydrogens is 360 g/mol. The molecule has 1 aromatic carbocycles. The highest BCUT2D eigenvalue weighted by atomic mass is 16.5. The third kappa shape index (κ3) is 5.42. The van der Waals surface area contributed by atoms with Crippen LogP contribution in [0.1, 0.15) is 37.2 Å². The van der Waals surface area contributed by atoms with Gasteiger partial charge in [0.05, 0.1) is 12.8 Å². The van der Waals surface area contributed by atoms with Gasteiger partial charge >= 0.3 is 0 Å². The minimum atomic E-state index is -0.387. The molecule has 28 heavy (non-hydrogen) atoms. The quantitative estimate of drug-likeness (QED) is 0.713. The van der Waals surface area contributed by atoms with Gasteiger partial charge in [0, 0.05) is 19.2 Å². The zero-order valence-electron chi connectivity index (χ0n) is 16.5. The standard InChI is InChI=1S/C20H26N4O4/c1-4-12-23(14-18(25)21-15-8-6-7-9-17(15)28-3)20(27)16-10-11-19(26)24(22-16)13-5-2/h6-11H,4-5,12-14H2,1-3H3,(H,21,25). The molecule has 0 aliphatic carbocycles. The van der Waals surface area contributed by atoms with E-state index in [1.54, 1.807) is 24.3 Å². The minimum absolute atomic E-state index is 0.126. The lowest BCUT2D eigenvalue weighted by Crippen LogP contribution is -2.39. The Morgan fingerprint density at radius 2 is 1.89 bits per heavy atom. The molecule has 0 saturated heterocycles. The number of hydrogen-bond acceptors (Lipinski definition) is 5. The number of para-hydroxylation sites is 2. The lowest BCUT2D eigenvalue weighted by molar-refractivity contribution is -0.116. The Morgan fingerprint density at radius 3 is 2.57 bits per heavy atom. The molecule has 150 valence electrons. The van der Waals surface area contributed by atoms with E-state index in [1.165, 1.54) is 28.8 Å². The molecule has 2 amide bonds. The number of hydrogen-bond donors (Lipinski definition) is 1. The van der Waals surface area contributed by atoms with Gasteiger partial charge in [0.25, 0.3) is 11.5 Å². The number of nitrogens with zero attached hydrogens (tertiary/aromatic N) is 3. The predicted molar refractivity (Wildman–Crippen MR) is 107 cm³/mol. The van der Waals surface area contributed by atoms with Crippen LogP contribution >= 0.6 is 0 Å². The number of rotatable bonds is 9. The van der Waals surface area contributed by atoms with Crippen molar-refractivity contribution in [3.05, 3.63) is 52.4 Å². The van der Waals surface area contributed by atoms with Gasteiger partial charge in [-0.05, 0) is 31.0 Å². The van der Waals surface area contributed by atoms with E-state index in [0.717, 1.165) is 6.42 Å². The fraction of sp³-hybridized carbons (Fsp3) is 0.400. The van der Waals surface area contributed by atoms with E-state index in [-0.39, 0.29) is 29.6 Å². The minimum Gasteiger partial charge on any atom is -0.495 e. The maximum Gasteiger partial charge on any atom is 0.274 e. The van der Waals surface area contributed by atoms with Crippen LogP contribution < -0.4 is 15.6 Å². The second-order valence-corrected chi connectivity index (χ2v) is 6.26. The average molecular weight is 386 g/mol. The van der Waals surface area contributed by atoms with Crippen LogP contribution in [0.2, 0.25) is 0 Å². The Kier molecular flexibility index (Phi) is 7.74. The van der Waals surface area contributed by atoms with Crippen LogP contribution in [0.3, 0.4) is 0 Å². The van der Waals surface area contributed by atoms with E-state index >= 15 is 0 Å². The second kappa shape index (κ2) is 10.2. The normalized spacial score (nSPS) is 10.4. The molecule has 0 aliphatic heterocycles. The number of carbonyl (C=O) groups excluding carboxylic acids is 2. The molecule has 0 spiro atoms. The summed E-state index contributed by atoms with van der Waals surface area (Å²) in [4.78, 5) is 38.6. The van der Waals surface area contributed by atoms with E-state index in [4.69, 9.17) is 4.74 Å². The smallest absolute Gasteiger partial charge is 0.274 e. The fourth-order valence-electron chi connectivity index (χ4n) is 2.73. The molecule has 1 aromatic heterocycles. The van der Waals surface area contributed by atoms with Gasteiger partial charge in [-0.1, -0.05) is 26.0 Å². The van der Waals surface area contributed by atoms with Crippen molar-refractivity contribution in [1.29, 1.82) is 0 Å². The van der Waals surface area contributed by atoms with E-state index in [0.29, 0.717) is 30.9 Å². The van der Waals surface area contributed by atoms with Gasteiger partial charge in [-0.3, -0.25) is 14.4 Å². The molecule has 0 fully saturated rings. The van der Waals surface area contributed by atoms with Crippen LogP contribution in [0.25, 0.3) is 0 Å². The number of carbonyl (C=O) groups is 2. The van der Waals surface area contributed by atoms with Crippen LogP contribution in [0.5, 0.6) is 5.75 Å². The highest BCUT2D eigenvalue weighted by molar-refractivity contribution is 5.98. The third-order valence-electron chi connectivity index (χ3n) is 4.02. The monoisotopic (exact) mass is 386 g/mol. The van der Waals surface area contributed by atoms with E-state index in [1.807, 2.05) is 13.8 Å². The van der Waals surface area contributed by atoms with Crippen molar-refractivity contribution in [2.45, 2.75) is 33.2 Å². The summed E-state index contributed by atoms with van der Waals surface area (Å²) in [5.41, 5.74) is 0.425. The van der Waals surface area contributed by atoms with Crippen LogP contribution in [0.15, 0.2) is 41.2 Å². The van der Waals surface area contributed by atoms with Crippen LogP contribution in [0, 0.1) is 0 Å². The zero-order chi connectivity index (χ0) is 20.5. The van der Waals surface area contributed by atoms with Crippen LogP contribution in [0.4, 0.5) is 5.69 Å². The number of methoxy groups -OCH3 is 1. The molecule has 2 aromatic rings. The van der Waals surface area contributed by atoms with Crippen LogP contribution in [-0.2, 0) is 11.3 Å². The predicted octanol–water partition coefficient (Wildman–Crippen LogP) is 2.15. The lowest BCUT2D eigenvalue weighted by Gasteiger charge is -2.21. The molecule has 0 radical (unpaired) electrons. The Morgan fingerprint density at radius 1 is 1.14 bits per heavy atom. The lowest BCUT2D eigenvalue weighted by atomic mass is 10.2. The van der Waals surface area contributed by atoms with Gasteiger partial charge in [-0.2, -0.15) is 5.10 Å². The summed E-state index contributed by atoms with van der Waals surface area (Å²) in [6.07, 6.45) is 1.41. The molecule has 1 N–H and O–H groups in total. The summed E-state index contributed by atoms with van der Waals surface area (Å²) < 4.78 is 6.50. The number of nitrogens with one attached hydrogen (secondary N) is 1. The van der Waals surface area contributed by atoms with Crippen molar-refractivity contribution in [3.8, 4) is 5.75 Å². The van der Waals surface area contributed by atoms with Gasteiger partial charge in [-0.15, -0.1) is 0 Å². The van der Waals surface area contributed by atoms with Crippen molar-refractivity contribution >= 4 is 17.5 Å². The molecule has 2 rings (SSSR count). The zero-order valence-corrected chi connectivity index (χ0v) is 16.5.